The normalized spacial score (nSPS) is 13.3. The molecule has 0 bridgehead atoms. The highest BCUT2D eigenvalue weighted by Gasteiger charge is 2.23. The Morgan fingerprint density at radius 1 is 1.08 bits per heavy atom. The fraction of sp³-hybridized carbons (Fsp3) is 0.619. The Kier molecular flexibility index (Phi) is 6.81. The van der Waals surface area contributed by atoms with Crippen molar-refractivity contribution in [1.82, 2.24) is 0 Å². The summed E-state index contributed by atoms with van der Waals surface area (Å²) >= 11 is 0. The van der Waals surface area contributed by atoms with Crippen molar-refractivity contribution in [2.45, 2.75) is 79.8 Å². The molecule has 0 aliphatic carbocycles. The Bertz CT molecular complexity index is 618. The maximum absolute atomic E-state index is 12.0. The number of Topliss-reactive ketones (excluding diaryl/α,β-unsaturated/α-hetero) is 1. The monoisotopic (exact) mass is 348 g/mol. The minimum Gasteiger partial charge on any atom is -0.428 e. The van der Waals surface area contributed by atoms with E-state index in [0.717, 1.165) is 18.4 Å². The van der Waals surface area contributed by atoms with Crippen LogP contribution in [0.1, 0.15) is 90.1 Å². The lowest BCUT2D eigenvalue weighted by Gasteiger charge is -2.26. The third-order valence-corrected chi connectivity index (χ3v) is 3.79. The van der Waals surface area contributed by atoms with Gasteiger partial charge in [-0.15, -0.1) is 0 Å². The average molecular weight is 348 g/mol. The summed E-state index contributed by atoms with van der Waals surface area (Å²) in [6, 6.07) is 5.48. The van der Waals surface area contributed by atoms with Gasteiger partial charge in [0.25, 0.3) is 0 Å². The molecular weight excluding hydrogens is 316 g/mol. The second kappa shape index (κ2) is 8.03. The van der Waals surface area contributed by atoms with Crippen molar-refractivity contribution >= 4 is 11.9 Å². The number of hydrogen-bond acceptors (Lipinski definition) is 4. The molecule has 0 spiro atoms. The summed E-state index contributed by atoms with van der Waals surface area (Å²) in [5.41, 5.74) is 1.06. The van der Waals surface area contributed by atoms with E-state index in [-0.39, 0.29) is 16.9 Å². The average Bonchev–Trinajstić information content (AvgIpc) is 2.42. The molecule has 4 nitrogen and oxygen atoms in total. The zero-order chi connectivity index (χ0) is 19.4. The van der Waals surface area contributed by atoms with E-state index in [0.29, 0.717) is 11.5 Å². The van der Waals surface area contributed by atoms with Gasteiger partial charge in [-0.2, -0.15) is 0 Å². The summed E-state index contributed by atoms with van der Waals surface area (Å²) < 4.78 is 10.4. The molecule has 0 saturated heterocycles. The van der Waals surface area contributed by atoms with Crippen molar-refractivity contribution in [2.75, 3.05) is 0 Å². The van der Waals surface area contributed by atoms with E-state index in [9.17, 15) is 9.59 Å². The van der Waals surface area contributed by atoms with Gasteiger partial charge in [0.2, 0.25) is 0 Å². The van der Waals surface area contributed by atoms with Gasteiger partial charge in [-0.1, -0.05) is 33.8 Å². The summed E-state index contributed by atoms with van der Waals surface area (Å²) in [7, 11) is 0. The van der Waals surface area contributed by atoms with Gasteiger partial charge in [-0.3, -0.25) is 4.79 Å². The lowest BCUT2D eigenvalue weighted by Crippen LogP contribution is -2.26. The highest BCUT2D eigenvalue weighted by Crippen LogP contribution is 2.35. The largest absolute Gasteiger partial charge is 0.514 e. The van der Waals surface area contributed by atoms with Crippen molar-refractivity contribution in [3.05, 3.63) is 29.3 Å². The van der Waals surface area contributed by atoms with Gasteiger partial charge in [-0.05, 0) is 69.6 Å². The van der Waals surface area contributed by atoms with E-state index < -0.39 is 11.8 Å². The third-order valence-electron chi connectivity index (χ3n) is 3.79. The zero-order valence-corrected chi connectivity index (χ0v) is 16.9. The molecule has 1 rings (SSSR count). The quantitative estimate of drug-likeness (QED) is 0.365. The van der Waals surface area contributed by atoms with Crippen molar-refractivity contribution in [3.8, 4) is 5.75 Å². The van der Waals surface area contributed by atoms with Crippen molar-refractivity contribution < 1.29 is 19.1 Å². The molecule has 0 radical (unpaired) electrons. The van der Waals surface area contributed by atoms with E-state index >= 15 is 0 Å². The van der Waals surface area contributed by atoms with E-state index in [1.807, 2.05) is 12.1 Å². The molecule has 0 aliphatic rings. The summed E-state index contributed by atoms with van der Waals surface area (Å²) in [4.78, 5) is 24.0. The molecule has 1 atom stereocenters. The predicted octanol–water partition coefficient (Wildman–Crippen LogP) is 6.13. The second-order valence-corrected chi connectivity index (χ2v) is 8.75. The fourth-order valence-electron chi connectivity index (χ4n) is 2.76. The topological polar surface area (TPSA) is 52.6 Å². The lowest BCUT2D eigenvalue weighted by molar-refractivity contribution is 0.0205. The number of carbonyl (C=O) groups excluding carboxylic acids is 2. The molecule has 1 unspecified atom stereocenters. The SMILES string of the molecule is CCC(CC(C)(C)C)c1ccc(OC(=O)OC(C)(C)C)c(C(C)=O)c1. The Labute approximate surface area is 151 Å². The number of ketones is 1. The molecule has 25 heavy (non-hydrogen) atoms. The van der Waals surface area contributed by atoms with E-state index in [4.69, 9.17) is 9.47 Å². The van der Waals surface area contributed by atoms with Crippen LogP contribution in [0.2, 0.25) is 0 Å². The third kappa shape index (κ3) is 7.29. The van der Waals surface area contributed by atoms with Crippen LogP contribution in [0, 0.1) is 5.41 Å². The van der Waals surface area contributed by atoms with Crippen LogP contribution < -0.4 is 4.74 Å². The maximum atomic E-state index is 12.0. The van der Waals surface area contributed by atoms with Crippen LogP contribution in [-0.4, -0.2) is 17.5 Å². The first-order chi connectivity index (χ1) is 11.3. The standard InChI is InChI=1S/C21H32O4/c1-9-15(13-20(3,4)5)16-10-11-18(17(12-16)14(2)22)24-19(23)25-21(6,7)8/h10-12,15H,9,13H2,1-8H3. The smallest absolute Gasteiger partial charge is 0.428 e. The number of benzene rings is 1. The van der Waals surface area contributed by atoms with Gasteiger partial charge in [0.15, 0.2) is 5.78 Å². The molecular formula is C21H32O4. The first-order valence-corrected chi connectivity index (χ1v) is 8.88. The molecule has 0 heterocycles. The van der Waals surface area contributed by atoms with E-state index in [1.165, 1.54) is 6.92 Å². The van der Waals surface area contributed by atoms with Crippen LogP contribution in [0.15, 0.2) is 18.2 Å². The first-order valence-electron chi connectivity index (χ1n) is 8.88. The van der Waals surface area contributed by atoms with Crippen LogP contribution >= 0.6 is 0 Å². The minimum atomic E-state index is -0.801. The molecule has 0 fully saturated rings. The Morgan fingerprint density at radius 2 is 1.68 bits per heavy atom. The van der Waals surface area contributed by atoms with Crippen LogP contribution in [0.25, 0.3) is 0 Å². The summed E-state index contributed by atoms with van der Waals surface area (Å²) in [6.45, 7) is 15.6. The Hall–Kier alpha value is -1.84. The van der Waals surface area contributed by atoms with E-state index in [1.54, 1.807) is 26.8 Å². The highest BCUT2D eigenvalue weighted by molar-refractivity contribution is 5.97. The Balaban J connectivity index is 3.11. The van der Waals surface area contributed by atoms with Crippen LogP contribution in [-0.2, 0) is 4.74 Å². The first kappa shape index (κ1) is 21.2. The predicted molar refractivity (Wildman–Crippen MR) is 100 cm³/mol. The number of carbonyl (C=O) groups is 2. The molecule has 140 valence electrons. The summed E-state index contributed by atoms with van der Waals surface area (Å²) in [5, 5.41) is 0. The van der Waals surface area contributed by atoms with Crippen LogP contribution in [0.3, 0.4) is 0 Å². The summed E-state index contributed by atoms with van der Waals surface area (Å²) in [6.07, 6.45) is 1.21. The molecule has 1 aromatic carbocycles. The van der Waals surface area contributed by atoms with Crippen molar-refractivity contribution in [1.29, 1.82) is 0 Å². The molecule has 0 aliphatic heterocycles. The molecule has 0 saturated carbocycles. The summed E-state index contributed by atoms with van der Waals surface area (Å²) in [5.74, 6) is 0.468. The van der Waals surface area contributed by atoms with Gasteiger partial charge in [0.05, 0.1) is 5.56 Å². The number of ether oxygens (including phenoxy) is 2. The second-order valence-electron chi connectivity index (χ2n) is 8.75. The van der Waals surface area contributed by atoms with E-state index in [2.05, 4.69) is 27.7 Å². The highest BCUT2D eigenvalue weighted by atomic mass is 16.7. The zero-order valence-electron chi connectivity index (χ0n) is 16.9. The van der Waals surface area contributed by atoms with Crippen molar-refractivity contribution in [2.24, 2.45) is 5.41 Å². The lowest BCUT2D eigenvalue weighted by atomic mass is 9.80. The van der Waals surface area contributed by atoms with Gasteiger partial charge in [-0.25, -0.2) is 4.79 Å². The molecule has 0 aromatic heterocycles. The number of hydrogen-bond donors (Lipinski definition) is 0. The van der Waals surface area contributed by atoms with Gasteiger partial charge in [0.1, 0.15) is 11.4 Å². The van der Waals surface area contributed by atoms with Crippen LogP contribution in [0.4, 0.5) is 4.79 Å². The van der Waals surface area contributed by atoms with Gasteiger partial charge < -0.3 is 9.47 Å². The molecule has 4 heteroatoms. The molecule has 0 N–H and O–H groups in total. The van der Waals surface area contributed by atoms with Crippen LogP contribution in [0.5, 0.6) is 5.75 Å². The molecule has 1 aromatic rings. The molecule has 0 amide bonds. The minimum absolute atomic E-state index is 0.133. The Morgan fingerprint density at radius 3 is 2.12 bits per heavy atom. The van der Waals surface area contributed by atoms with Gasteiger partial charge in [0, 0.05) is 0 Å². The fourth-order valence-corrected chi connectivity index (χ4v) is 2.76. The number of rotatable bonds is 5. The van der Waals surface area contributed by atoms with Crippen molar-refractivity contribution in [3.63, 3.8) is 0 Å². The maximum Gasteiger partial charge on any atom is 0.514 e. The van der Waals surface area contributed by atoms with Gasteiger partial charge >= 0.3 is 6.16 Å².